The van der Waals surface area contributed by atoms with Gasteiger partial charge in [0.1, 0.15) is 6.61 Å². The Bertz CT molecular complexity index is 1610. The molecule has 1 atom stereocenters. The van der Waals surface area contributed by atoms with Crippen molar-refractivity contribution < 1.29 is 24.2 Å². The molecule has 0 aliphatic carbocycles. The summed E-state index contributed by atoms with van der Waals surface area (Å²) in [4.78, 5) is 35.3. The molecule has 0 saturated heterocycles. The Morgan fingerprint density at radius 2 is 1.36 bits per heavy atom. The van der Waals surface area contributed by atoms with Crippen molar-refractivity contribution in [2.75, 3.05) is 5.32 Å². The highest BCUT2D eigenvalue weighted by atomic mass is 16.5. The van der Waals surface area contributed by atoms with Gasteiger partial charge in [-0.2, -0.15) is 0 Å². The first-order valence-electron chi connectivity index (χ1n) is 14.7. The zero-order valence-electron chi connectivity index (χ0n) is 25.0. The van der Waals surface area contributed by atoms with Gasteiger partial charge in [-0.25, -0.2) is 4.79 Å². The first-order chi connectivity index (χ1) is 21.3. The number of benzene rings is 4. The van der Waals surface area contributed by atoms with E-state index in [0.717, 1.165) is 28.7 Å². The summed E-state index contributed by atoms with van der Waals surface area (Å²) in [7, 11) is 0. The Kier molecular flexibility index (Phi) is 11.4. The van der Waals surface area contributed by atoms with Crippen LogP contribution in [0.2, 0.25) is 0 Å². The summed E-state index contributed by atoms with van der Waals surface area (Å²) in [6.07, 6.45) is 4.10. The number of anilines is 1. The van der Waals surface area contributed by atoms with Crippen LogP contribution in [0.5, 0.6) is 0 Å². The van der Waals surface area contributed by atoms with Gasteiger partial charge in [0.25, 0.3) is 0 Å². The van der Waals surface area contributed by atoms with E-state index in [4.69, 9.17) is 9.84 Å². The second-order valence-corrected chi connectivity index (χ2v) is 10.7. The molecule has 0 fully saturated rings. The predicted molar refractivity (Wildman–Crippen MR) is 175 cm³/mol. The average molecular weight is 588 g/mol. The van der Waals surface area contributed by atoms with Gasteiger partial charge >= 0.3 is 11.9 Å². The Balaban J connectivity index is 1.36. The SMILES string of the molecule is CC/C(=C(\c1ccccc1)c1ccc(/C=C/C(=O)OCc2ccc(NC(=O)CC(C)CC(=O)O)cc2)cc1)c1ccccc1. The molecule has 0 aliphatic heterocycles. The summed E-state index contributed by atoms with van der Waals surface area (Å²) in [5, 5.41) is 11.6. The smallest absolute Gasteiger partial charge is 0.331 e. The van der Waals surface area contributed by atoms with E-state index in [2.05, 4.69) is 72.9 Å². The van der Waals surface area contributed by atoms with E-state index in [1.165, 1.54) is 22.8 Å². The molecule has 0 aromatic heterocycles. The molecule has 0 saturated carbocycles. The molecular weight excluding hydrogens is 550 g/mol. The molecule has 224 valence electrons. The highest BCUT2D eigenvalue weighted by molar-refractivity contribution is 5.98. The molecule has 1 amide bonds. The van der Waals surface area contributed by atoms with E-state index in [-0.39, 0.29) is 31.3 Å². The second kappa shape index (κ2) is 15.8. The highest BCUT2D eigenvalue weighted by Crippen LogP contribution is 2.34. The van der Waals surface area contributed by atoms with Crippen LogP contribution in [0.15, 0.2) is 115 Å². The van der Waals surface area contributed by atoms with Crippen LogP contribution in [0.4, 0.5) is 5.69 Å². The zero-order chi connectivity index (χ0) is 31.3. The number of carboxylic acids is 1. The van der Waals surface area contributed by atoms with Gasteiger partial charge in [0.15, 0.2) is 0 Å². The van der Waals surface area contributed by atoms with E-state index in [1.54, 1.807) is 37.3 Å². The molecule has 0 spiro atoms. The van der Waals surface area contributed by atoms with Crippen molar-refractivity contribution in [3.05, 3.63) is 143 Å². The number of aliphatic carboxylic acids is 1. The van der Waals surface area contributed by atoms with Gasteiger partial charge in [-0.1, -0.05) is 111 Å². The lowest BCUT2D eigenvalue weighted by Crippen LogP contribution is -2.16. The monoisotopic (exact) mass is 587 g/mol. The number of amides is 1. The average Bonchev–Trinajstić information content (AvgIpc) is 3.03. The zero-order valence-corrected chi connectivity index (χ0v) is 25.0. The van der Waals surface area contributed by atoms with Crippen LogP contribution in [0, 0.1) is 5.92 Å². The Hall–Kier alpha value is -5.23. The van der Waals surface area contributed by atoms with Crippen LogP contribution < -0.4 is 5.32 Å². The number of carboxylic acid groups (broad SMARTS) is 1. The van der Waals surface area contributed by atoms with E-state index in [9.17, 15) is 14.4 Å². The largest absolute Gasteiger partial charge is 0.481 e. The summed E-state index contributed by atoms with van der Waals surface area (Å²) < 4.78 is 5.40. The third-order valence-corrected chi connectivity index (χ3v) is 7.13. The second-order valence-electron chi connectivity index (χ2n) is 10.7. The molecular formula is C38H37NO5. The maximum absolute atomic E-state index is 12.4. The van der Waals surface area contributed by atoms with Crippen molar-refractivity contribution in [3.63, 3.8) is 0 Å². The Morgan fingerprint density at radius 3 is 1.95 bits per heavy atom. The third kappa shape index (κ3) is 9.39. The minimum absolute atomic E-state index is 0.0570. The van der Waals surface area contributed by atoms with Gasteiger partial charge in [0.2, 0.25) is 5.91 Å². The fourth-order valence-corrected chi connectivity index (χ4v) is 5.00. The molecule has 0 heterocycles. The minimum atomic E-state index is -0.924. The number of allylic oxidation sites excluding steroid dienone is 1. The lowest BCUT2D eigenvalue weighted by atomic mass is 9.88. The van der Waals surface area contributed by atoms with Crippen LogP contribution in [0.3, 0.4) is 0 Å². The number of ether oxygens (including phenoxy) is 1. The standard InChI is InChI=1S/C38H37NO5/c1-3-34(30-10-6-4-7-11-30)38(31-12-8-5-9-13-31)32-19-14-28(15-20-32)18-23-37(43)44-26-29-16-21-33(22-17-29)39-35(40)24-27(2)25-36(41)42/h4-23,27H,3,24-26H2,1-2H3,(H,39,40)(H,41,42)/b23-18+,38-34-. The molecule has 6 heteroatoms. The number of carbonyl (C=O) groups excluding carboxylic acids is 2. The molecule has 44 heavy (non-hydrogen) atoms. The van der Waals surface area contributed by atoms with Crippen LogP contribution in [-0.4, -0.2) is 23.0 Å². The van der Waals surface area contributed by atoms with Gasteiger partial charge in [0, 0.05) is 24.6 Å². The van der Waals surface area contributed by atoms with E-state index >= 15 is 0 Å². The van der Waals surface area contributed by atoms with E-state index in [0.29, 0.717) is 5.69 Å². The molecule has 4 aromatic rings. The van der Waals surface area contributed by atoms with Gasteiger partial charge in [-0.3, -0.25) is 9.59 Å². The van der Waals surface area contributed by atoms with Crippen molar-refractivity contribution in [1.29, 1.82) is 0 Å². The summed E-state index contributed by atoms with van der Waals surface area (Å²) >= 11 is 0. The van der Waals surface area contributed by atoms with Gasteiger partial charge in [-0.05, 0) is 69.5 Å². The Labute approximate surface area is 258 Å². The number of carbonyl (C=O) groups is 3. The molecule has 4 rings (SSSR count). The van der Waals surface area contributed by atoms with Gasteiger partial charge in [0.05, 0.1) is 0 Å². The number of hydrogen-bond donors (Lipinski definition) is 2. The number of hydrogen-bond acceptors (Lipinski definition) is 4. The first-order valence-corrected chi connectivity index (χ1v) is 14.7. The fourth-order valence-electron chi connectivity index (χ4n) is 5.00. The van der Waals surface area contributed by atoms with Crippen molar-refractivity contribution in [1.82, 2.24) is 0 Å². The minimum Gasteiger partial charge on any atom is -0.481 e. The molecule has 0 radical (unpaired) electrons. The maximum Gasteiger partial charge on any atom is 0.331 e. The highest BCUT2D eigenvalue weighted by Gasteiger charge is 2.14. The van der Waals surface area contributed by atoms with Crippen molar-refractivity contribution in [2.24, 2.45) is 5.92 Å². The van der Waals surface area contributed by atoms with Gasteiger partial charge < -0.3 is 15.2 Å². The quantitative estimate of drug-likeness (QED) is 0.0933. The van der Waals surface area contributed by atoms with Gasteiger partial charge in [-0.15, -0.1) is 0 Å². The van der Waals surface area contributed by atoms with Crippen molar-refractivity contribution in [3.8, 4) is 0 Å². The molecule has 4 aromatic carbocycles. The summed E-state index contributed by atoms with van der Waals surface area (Å²) in [5.41, 5.74) is 8.16. The van der Waals surface area contributed by atoms with Crippen molar-refractivity contribution >= 4 is 40.8 Å². The fraction of sp³-hybridized carbons (Fsp3) is 0.184. The molecule has 0 aliphatic rings. The van der Waals surface area contributed by atoms with E-state index < -0.39 is 11.9 Å². The predicted octanol–water partition coefficient (Wildman–Crippen LogP) is 8.25. The number of nitrogens with one attached hydrogen (secondary N) is 1. The van der Waals surface area contributed by atoms with Crippen LogP contribution >= 0.6 is 0 Å². The van der Waals surface area contributed by atoms with Crippen LogP contribution in [0.25, 0.3) is 17.2 Å². The van der Waals surface area contributed by atoms with Crippen LogP contribution in [0.1, 0.15) is 60.9 Å². The number of esters is 1. The first kappa shape index (κ1) is 31.7. The summed E-state index contributed by atoms with van der Waals surface area (Å²) in [6, 6.07) is 36.0. The molecule has 1 unspecified atom stereocenters. The maximum atomic E-state index is 12.4. The lowest BCUT2D eigenvalue weighted by Gasteiger charge is -2.16. The summed E-state index contributed by atoms with van der Waals surface area (Å²) in [5.74, 6) is -1.88. The molecule has 2 N–H and O–H groups in total. The molecule has 0 bridgehead atoms. The van der Waals surface area contributed by atoms with Crippen LogP contribution in [-0.2, 0) is 25.7 Å². The topological polar surface area (TPSA) is 92.7 Å². The normalized spacial score (nSPS) is 12.3. The molecule has 6 nitrogen and oxygen atoms in total. The lowest BCUT2D eigenvalue weighted by molar-refractivity contribution is -0.139. The third-order valence-electron chi connectivity index (χ3n) is 7.13. The summed E-state index contributed by atoms with van der Waals surface area (Å²) in [6.45, 7) is 3.99. The van der Waals surface area contributed by atoms with Crippen molar-refractivity contribution in [2.45, 2.75) is 39.7 Å². The number of rotatable bonds is 13. The van der Waals surface area contributed by atoms with E-state index in [1.807, 2.05) is 24.3 Å². The Morgan fingerprint density at radius 1 is 0.773 bits per heavy atom.